The number of Topliss-reactive ketones (excluding diaryl/α,β-unsaturated/α-hetero) is 1. The first-order chi connectivity index (χ1) is 16.3. The van der Waals surface area contributed by atoms with Crippen LogP contribution in [0.3, 0.4) is 0 Å². The largest absolute Gasteiger partial charge is 0.507 e. The minimum absolute atomic E-state index is 0.153. The molecule has 0 aliphatic carbocycles. The number of aliphatic hydroxyl groups excluding tert-OH is 1. The zero-order valence-electron chi connectivity index (χ0n) is 18.3. The zero-order chi connectivity index (χ0) is 24.4. The van der Waals surface area contributed by atoms with Crippen LogP contribution in [0.5, 0.6) is 11.5 Å². The molecule has 4 rings (SSSR count). The monoisotopic (exact) mass is 461 g/mol. The van der Waals surface area contributed by atoms with Crippen LogP contribution < -0.4 is 14.4 Å². The third kappa shape index (κ3) is 4.25. The van der Waals surface area contributed by atoms with Gasteiger partial charge in [0.2, 0.25) is 0 Å². The number of ether oxygens (including phenoxy) is 2. The molecule has 0 saturated carbocycles. The van der Waals surface area contributed by atoms with Crippen LogP contribution in [-0.4, -0.2) is 29.9 Å². The summed E-state index contributed by atoms with van der Waals surface area (Å²) < 4.78 is 23.7. The zero-order valence-corrected chi connectivity index (χ0v) is 18.3. The van der Waals surface area contributed by atoms with Crippen molar-refractivity contribution in [2.24, 2.45) is 0 Å². The van der Waals surface area contributed by atoms with Crippen molar-refractivity contribution >= 4 is 29.1 Å². The summed E-state index contributed by atoms with van der Waals surface area (Å²) in [6, 6.07) is 16.8. The van der Waals surface area contributed by atoms with Crippen molar-refractivity contribution in [3.05, 3.63) is 95.3 Å². The highest BCUT2D eigenvalue weighted by Crippen LogP contribution is 2.43. The molecule has 1 unspecified atom stereocenters. The Morgan fingerprint density at radius 3 is 2.26 bits per heavy atom. The molecule has 1 atom stereocenters. The number of nitrogens with zero attached hydrogens (tertiary/aromatic N) is 1. The Kier molecular flexibility index (Phi) is 6.14. The Morgan fingerprint density at radius 2 is 1.65 bits per heavy atom. The lowest BCUT2D eigenvalue weighted by atomic mass is 9.95. The second kappa shape index (κ2) is 9.19. The van der Waals surface area contributed by atoms with Gasteiger partial charge in [0.15, 0.2) is 0 Å². The number of ketones is 1. The van der Waals surface area contributed by atoms with E-state index in [1.165, 1.54) is 43.2 Å². The molecule has 1 aliphatic heterocycles. The van der Waals surface area contributed by atoms with E-state index < -0.39 is 35.3 Å². The fraction of sp³-hybridized carbons (Fsp3) is 0.115. The lowest BCUT2D eigenvalue weighted by Gasteiger charge is -2.26. The molecule has 1 saturated heterocycles. The summed E-state index contributed by atoms with van der Waals surface area (Å²) in [7, 11) is 1.48. The van der Waals surface area contributed by atoms with Gasteiger partial charge in [-0.2, -0.15) is 0 Å². The first-order valence-corrected chi connectivity index (χ1v) is 10.3. The summed E-state index contributed by atoms with van der Waals surface area (Å²) in [4.78, 5) is 38.8. The van der Waals surface area contributed by atoms with Crippen LogP contribution in [0.1, 0.15) is 24.1 Å². The number of hydrogen-bond acceptors (Lipinski definition) is 6. The van der Waals surface area contributed by atoms with Gasteiger partial charge in [0.05, 0.1) is 18.7 Å². The van der Waals surface area contributed by atoms with E-state index in [-0.39, 0.29) is 16.9 Å². The summed E-state index contributed by atoms with van der Waals surface area (Å²) in [6.45, 7) is 1.27. The Balaban J connectivity index is 1.90. The summed E-state index contributed by atoms with van der Waals surface area (Å²) in [5, 5.41) is 11.0. The number of aliphatic hydroxyl groups is 1. The van der Waals surface area contributed by atoms with E-state index in [2.05, 4.69) is 0 Å². The number of hydrogen-bond donors (Lipinski definition) is 1. The topological polar surface area (TPSA) is 93.1 Å². The molecule has 0 bridgehead atoms. The van der Waals surface area contributed by atoms with Crippen LogP contribution in [0, 0.1) is 5.82 Å². The average molecular weight is 461 g/mol. The highest BCUT2D eigenvalue weighted by molar-refractivity contribution is 6.51. The maximum atomic E-state index is 13.4. The van der Waals surface area contributed by atoms with Crippen molar-refractivity contribution in [3.8, 4) is 11.5 Å². The van der Waals surface area contributed by atoms with Crippen molar-refractivity contribution in [2.45, 2.75) is 13.0 Å². The lowest BCUT2D eigenvalue weighted by molar-refractivity contribution is -0.132. The molecule has 7 nitrogen and oxygen atoms in total. The molecule has 0 radical (unpaired) electrons. The van der Waals surface area contributed by atoms with Crippen LogP contribution in [0.2, 0.25) is 0 Å². The van der Waals surface area contributed by atoms with Crippen LogP contribution in [-0.2, 0) is 14.4 Å². The summed E-state index contributed by atoms with van der Waals surface area (Å²) in [6.07, 6.45) is 0. The lowest BCUT2D eigenvalue weighted by Crippen LogP contribution is -2.29. The van der Waals surface area contributed by atoms with Gasteiger partial charge >= 0.3 is 5.97 Å². The standard InChI is InChI=1S/C26H20FNO6/c1-15(29)34-20-12-8-16(9-13-20)23-22(24(30)17-6-10-18(27)11-7-17)25(31)26(32)28(23)19-4-3-5-21(14-19)33-2/h3-14,23,30H,1-2H3/b24-22+. The number of rotatable bonds is 5. The molecule has 3 aromatic carbocycles. The van der Waals surface area contributed by atoms with Gasteiger partial charge in [0.1, 0.15) is 23.1 Å². The van der Waals surface area contributed by atoms with Crippen LogP contribution in [0.25, 0.3) is 5.76 Å². The Labute approximate surface area is 194 Å². The molecule has 34 heavy (non-hydrogen) atoms. The maximum Gasteiger partial charge on any atom is 0.308 e. The number of carbonyl (C=O) groups is 3. The van der Waals surface area contributed by atoms with Crippen LogP contribution >= 0.6 is 0 Å². The maximum absolute atomic E-state index is 13.4. The Morgan fingerprint density at radius 1 is 0.971 bits per heavy atom. The average Bonchev–Trinajstić information content (AvgIpc) is 3.09. The molecule has 1 amide bonds. The van der Waals surface area contributed by atoms with E-state index in [0.717, 1.165) is 12.1 Å². The highest BCUT2D eigenvalue weighted by Gasteiger charge is 2.47. The number of benzene rings is 3. The SMILES string of the molecule is COc1cccc(N2C(=O)C(=O)/C(=C(/O)c3ccc(F)cc3)C2c2ccc(OC(C)=O)cc2)c1. The van der Waals surface area contributed by atoms with E-state index in [1.807, 2.05) is 0 Å². The third-order valence-electron chi connectivity index (χ3n) is 5.35. The second-order valence-electron chi connectivity index (χ2n) is 7.54. The minimum Gasteiger partial charge on any atom is -0.507 e. The van der Waals surface area contributed by atoms with Gasteiger partial charge in [-0.25, -0.2) is 4.39 Å². The number of esters is 1. The Bertz CT molecular complexity index is 1300. The van der Waals surface area contributed by atoms with Crippen molar-refractivity contribution in [1.82, 2.24) is 0 Å². The molecule has 0 spiro atoms. The Hall–Kier alpha value is -4.46. The molecular weight excluding hydrogens is 441 g/mol. The van der Waals surface area contributed by atoms with Crippen LogP contribution in [0.4, 0.5) is 10.1 Å². The predicted molar refractivity (Wildman–Crippen MR) is 122 cm³/mol. The molecular formula is C26H20FNO6. The van der Waals surface area contributed by atoms with Crippen LogP contribution in [0.15, 0.2) is 78.4 Å². The first kappa shape index (κ1) is 22.7. The first-order valence-electron chi connectivity index (χ1n) is 10.3. The molecule has 1 heterocycles. The highest BCUT2D eigenvalue weighted by atomic mass is 19.1. The molecule has 3 aromatic rings. The summed E-state index contributed by atoms with van der Waals surface area (Å²) >= 11 is 0. The van der Waals surface area contributed by atoms with E-state index in [1.54, 1.807) is 36.4 Å². The van der Waals surface area contributed by atoms with Gasteiger partial charge in [0.25, 0.3) is 11.7 Å². The van der Waals surface area contributed by atoms with E-state index in [9.17, 15) is 23.9 Å². The predicted octanol–water partition coefficient (Wildman–Crippen LogP) is 4.39. The molecule has 0 aromatic heterocycles. The summed E-state index contributed by atoms with van der Waals surface area (Å²) in [5.74, 6) is -2.41. The number of anilines is 1. The van der Waals surface area contributed by atoms with E-state index in [4.69, 9.17) is 9.47 Å². The van der Waals surface area contributed by atoms with Crippen molar-refractivity contribution in [2.75, 3.05) is 12.0 Å². The normalized spacial score (nSPS) is 17.0. The van der Waals surface area contributed by atoms with E-state index >= 15 is 0 Å². The van der Waals surface area contributed by atoms with Crippen molar-refractivity contribution in [3.63, 3.8) is 0 Å². The van der Waals surface area contributed by atoms with Crippen molar-refractivity contribution in [1.29, 1.82) is 0 Å². The number of amides is 1. The van der Waals surface area contributed by atoms with Gasteiger partial charge in [-0.15, -0.1) is 0 Å². The van der Waals surface area contributed by atoms with Gasteiger partial charge in [-0.05, 0) is 54.1 Å². The minimum atomic E-state index is -0.997. The van der Waals surface area contributed by atoms with Gasteiger partial charge < -0.3 is 14.6 Å². The van der Waals surface area contributed by atoms with Gasteiger partial charge in [-0.1, -0.05) is 18.2 Å². The van der Waals surface area contributed by atoms with Crippen molar-refractivity contribution < 1.29 is 33.4 Å². The molecule has 1 aliphatic rings. The molecule has 1 N–H and O–H groups in total. The third-order valence-corrected chi connectivity index (χ3v) is 5.35. The fourth-order valence-electron chi connectivity index (χ4n) is 3.82. The quantitative estimate of drug-likeness (QED) is 0.199. The number of halogens is 1. The fourth-order valence-corrected chi connectivity index (χ4v) is 3.82. The number of carbonyl (C=O) groups excluding carboxylic acids is 3. The van der Waals surface area contributed by atoms with E-state index in [0.29, 0.717) is 17.0 Å². The second-order valence-corrected chi connectivity index (χ2v) is 7.54. The molecule has 1 fully saturated rings. The molecule has 172 valence electrons. The number of methoxy groups -OCH3 is 1. The van der Waals surface area contributed by atoms with Gasteiger partial charge in [-0.3, -0.25) is 19.3 Å². The smallest absolute Gasteiger partial charge is 0.308 e. The van der Waals surface area contributed by atoms with Gasteiger partial charge in [0, 0.05) is 24.2 Å². The summed E-state index contributed by atoms with van der Waals surface area (Å²) in [5.41, 5.74) is 0.904. The molecule has 8 heteroatoms.